The van der Waals surface area contributed by atoms with Crippen molar-refractivity contribution in [1.29, 1.82) is 0 Å². The molecule has 1 rings (SSSR count). The van der Waals surface area contributed by atoms with Gasteiger partial charge < -0.3 is 0 Å². The predicted molar refractivity (Wildman–Crippen MR) is 27.2 cm³/mol. The number of rotatable bonds is 0. The van der Waals surface area contributed by atoms with Crippen LogP contribution in [0.15, 0.2) is 12.2 Å². The largest absolute Gasteiger partial charge is 0.232 e. The van der Waals surface area contributed by atoms with Gasteiger partial charge in [-0.05, 0) is 0 Å². The molecule has 0 unspecified atom stereocenters. The average Bonchev–Trinajstić information content (AvgIpc) is 1.86. The van der Waals surface area contributed by atoms with E-state index in [1.54, 1.807) is 0 Å². The smallest absolute Gasteiger partial charge is 0 e. The van der Waals surface area contributed by atoms with Crippen molar-refractivity contribution in [3.63, 3.8) is 0 Å². The second kappa shape index (κ2) is 3.68. The minimum Gasteiger partial charge on any atom is -0.232 e. The van der Waals surface area contributed by atoms with Crippen LogP contribution >= 0.6 is 0 Å². The molecule has 1 aliphatic rings. The quantitative estimate of drug-likeness (QED) is 0.486. The second-order valence-corrected chi connectivity index (χ2v) is 1.83. The molecule has 1 aliphatic carbocycles. The van der Waals surface area contributed by atoms with E-state index >= 15 is 0 Å². The van der Waals surface area contributed by atoms with Crippen LogP contribution in [0.5, 0.6) is 0 Å². The van der Waals surface area contributed by atoms with E-state index in [0.717, 1.165) is 5.92 Å². The normalized spacial score (nSPS) is 26.1. The summed E-state index contributed by atoms with van der Waals surface area (Å²) in [6, 6.07) is 0. The molecule has 1 radical (unpaired) electrons. The summed E-state index contributed by atoms with van der Waals surface area (Å²) in [5, 5.41) is 0. The van der Waals surface area contributed by atoms with Crippen LogP contribution in [0, 0.1) is 12.3 Å². The van der Waals surface area contributed by atoms with E-state index in [0.29, 0.717) is 0 Å². The topological polar surface area (TPSA) is 0 Å². The van der Waals surface area contributed by atoms with Gasteiger partial charge in [-0.2, -0.15) is 0 Å². The fourth-order valence-corrected chi connectivity index (χ4v) is 0.640. The molecule has 1 heteroatoms. The van der Waals surface area contributed by atoms with Crippen molar-refractivity contribution in [2.45, 2.75) is 13.3 Å². The van der Waals surface area contributed by atoms with Gasteiger partial charge in [0, 0.05) is 32.7 Å². The first-order valence-corrected chi connectivity index (χ1v) is 2.39. The Hall–Kier alpha value is 0.714. The zero-order valence-electron chi connectivity index (χ0n) is 4.59. The van der Waals surface area contributed by atoms with Crippen molar-refractivity contribution in [2.24, 2.45) is 5.92 Å². The fraction of sp³-hybridized carbons (Fsp3) is 0.500. The minimum atomic E-state index is 0. The van der Waals surface area contributed by atoms with Crippen LogP contribution in [0.2, 0.25) is 0 Å². The summed E-state index contributed by atoms with van der Waals surface area (Å²) in [6.45, 7) is 2.22. The molecule has 0 saturated carbocycles. The van der Waals surface area contributed by atoms with Crippen LogP contribution in [0.1, 0.15) is 13.3 Å². The Morgan fingerprint density at radius 2 is 2.43 bits per heavy atom. The van der Waals surface area contributed by atoms with Gasteiger partial charge in [-0.3, -0.25) is 0 Å². The molecule has 0 aromatic heterocycles. The minimum absolute atomic E-state index is 0. The predicted octanol–water partition coefficient (Wildman–Crippen LogP) is 1.78. The molecule has 0 nitrogen and oxygen atoms in total. The van der Waals surface area contributed by atoms with Crippen LogP contribution < -0.4 is 0 Å². The molecule has 0 fully saturated rings. The van der Waals surface area contributed by atoms with Gasteiger partial charge in [-0.1, -0.05) is 6.92 Å². The third kappa shape index (κ3) is 2.51. The van der Waals surface area contributed by atoms with E-state index in [4.69, 9.17) is 0 Å². The van der Waals surface area contributed by atoms with E-state index < -0.39 is 0 Å². The summed E-state index contributed by atoms with van der Waals surface area (Å²) in [5.74, 6) is 0.810. The molecule has 0 aliphatic heterocycles. The SMILES string of the molecule is C[C@@H]1C=C[CH-]C1.[Y]. The van der Waals surface area contributed by atoms with Crippen LogP contribution in [0.25, 0.3) is 0 Å². The summed E-state index contributed by atoms with van der Waals surface area (Å²) < 4.78 is 0. The summed E-state index contributed by atoms with van der Waals surface area (Å²) in [7, 11) is 0. The Bertz CT molecular complexity index is 66.6. The van der Waals surface area contributed by atoms with Crippen LogP contribution in [0.3, 0.4) is 0 Å². The Kier molecular flexibility index (Phi) is 4.06. The molecule has 0 bridgehead atoms. The summed E-state index contributed by atoms with van der Waals surface area (Å²) >= 11 is 0. The van der Waals surface area contributed by atoms with Crippen molar-refractivity contribution < 1.29 is 32.7 Å². The maximum absolute atomic E-state index is 2.22. The Morgan fingerprint density at radius 1 is 1.71 bits per heavy atom. The first-order valence-electron chi connectivity index (χ1n) is 2.39. The van der Waals surface area contributed by atoms with Crippen molar-refractivity contribution in [3.05, 3.63) is 18.6 Å². The van der Waals surface area contributed by atoms with Crippen LogP contribution in [-0.2, 0) is 32.7 Å². The van der Waals surface area contributed by atoms with E-state index in [2.05, 4.69) is 25.5 Å². The van der Waals surface area contributed by atoms with Gasteiger partial charge in [0.1, 0.15) is 0 Å². The molecule has 0 spiro atoms. The first kappa shape index (κ1) is 7.71. The third-order valence-electron chi connectivity index (χ3n) is 1.08. The van der Waals surface area contributed by atoms with E-state index in [1.165, 1.54) is 6.42 Å². The number of allylic oxidation sites excluding steroid dienone is 2. The molecule has 37 valence electrons. The Labute approximate surface area is 70.3 Å². The van der Waals surface area contributed by atoms with Gasteiger partial charge in [0.15, 0.2) is 0 Å². The Balaban J connectivity index is 0.000000360. The van der Waals surface area contributed by atoms with Crippen LogP contribution in [0.4, 0.5) is 0 Å². The van der Waals surface area contributed by atoms with Gasteiger partial charge in [0.05, 0.1) is 0 Å². The second-order valence-electron chi connectivity index (χ2n) is 1.83. The maximum Gasteiger partial charge on any atom is 0 e. The van der Waals surface area contributed by atoms with Gasteiger partial charge in [0.25, 0.3) is 0 Å². The van der Waals surface area contributed by atoms with Gasteiger partial charge in [0.2, 0.25) is 0 Å². The summed E-state index contributed by atoms with van der Waals surface area (Å²) in [6.07, 6.45) is 7.80. The zero-order valence-corrected chi connectivity index (χ0v) is 7.43. The van der Waals surface area contributed by atoms with Gasteiger partial charge in [-0.25, -0.2) is 18.6 Å². The molecule has 0 amide bonds. The molecule has 0 aromatic carbocycles. The zero-order chi connectivity index (χ0) is 4.41. The molecular weight excluding hydrogens is 161 g/mol. The Morgan fingerprint density at radius 3 is 2.57 bits per heavy atom. The van der Waals surface area contributed by atoms with E-state index in [-0.39, 0.29) is 32.7 Å². The van der Waals surface area contributed by atoms with Crippen LogP contribution in [-0.4, -0.2) is 0 Å². The number of hydrogen-bond acceptors (Lipinski definition) is 0. The van der Waals surface area contributed by atoms with E-state index in [9.17, 15) is 0 Å². The molecule has 0 N–H and O–H groups in total. The summed E-state index contributed by atoms with van der Waals surface area (Å²) in [4.78, 5) is 0. The maximum atomic E-state index is 2.22. The molecule has 0 heterocycles. The monoisotopic (exact) mass is 170 g/mol. The molecule has 1 atom stereocenters. The van der Waals surface area contributed by atoms with Gasteiger partial charge >= 0.3 is 0 Å². The molecule has 0 aromatic rings. The van der Waals surface area contributed by atoms with Crippen molar-refractivity contribution in [2.75, 3.05) is 0 Å². The molecular formula is C6H9Y-. The van der Waals surface area contributed by atoms with E-state index in [1.807, 2.05) is 0 Å². The van der Waals surface area contributed by atoms with Crippen molar-refractivity contribution in [1.82, 2.24) is 0 Å². The van der Waals surface area contributed by atoms with Gasteiger partial charge in [-0.15, -0.1) is 12.3 Å². The summed E-state index contributed by atoms with van der Waals surface area (Å²) in [5.41, 5.74) is 0. The standard InChI is InChI=1S/C6H9.Y/c1-6-4-2-3-5-6;/h2-4,6H,5H2,1H3;/q-1;/t6-;/m1./s1. The van der Waals surface area contributed by atoms with Crippen molar-refractivity contribution in [3.8, 4) is 0 Å². The number of hydrogen-bond donors (Lipinski definition) is 0. The van der Waals surface area contributed by atoms with Crippen molar-refractivity contribution >= 4 is 0 Å². The fourth-order valence-electron chi connectivity index (χ4n) is 0.640. The first-order chi connectivity index (χ1) is 2.89. The molecule has 0 saturated heterocycles. The third-order valence-corrected chi connectivity index (χ3v) is 1.08. The molecule has 7 heavy (non-hydrogen) atoms. The average molecular weight is 170 g/mol.